The van der Waals surface area contributed by atoms with Crippen molar-refractivity contribution in [2.75, 3.05) is 12.4 Å². The van der Waals surface area contributed by atoms with E-state index in [0.29, 0.717) is 25.9 Å². The van der Waals surface area contributed by atoms with Crippen LogP contribution in [-0.4, -0.2) is 31.3 Å². The molecule has 0 aromatic rings. The largest absolute Gasteiger partial charge is 1.00 e. The molecule has 0 amide bonds. The van der Waals surface area contributed by atoms with Crippen molar-refractivity contribution in [1.82, 2.24) is 0 Å². The topological polar surface area (TPSA) is 83.5 Å². The van der Waals surface area contributed by atoms with Crippen LogP contribution in [0.3, 0.4) is 0 Å². The monoisotopic (exact) mass is 246 g/mol. The molecule has 0 unspecified atom stereocenters. The van der Waals surface area contributed by atoms with Crippen LogP contribution in [0.2, 0.25) is 0 Å². The Hall–Kier alpha value is 0.380. The first-order chi connectivity index (χ1) is 6.45. The molecule has 0 saturated carbocycles. The summed E-state index contributed by atoms with van der Waals surface area (Å²) in [5.41, 5.74) is 0. The minimum Gasteiger partial charge on any atom is -0.748 e. The van der Waals surface area contributed by atoms with Crippen molar-refractivity contribution in [1.29, 1.82) is 0 Å². The summed E-state index contributed by atoms with van der Waals surface area (Å²) in [6, 6.07) is 0. The van der Waals surface area contributed by atoms with Crippen molar-refractivity contribution < 1.29 is 52.1 Å². The Morgan fingerprint density at radius 2 is 1.87 bits per heavy atom. The molecule has 0 heterocycles. The Morgan fingerprint density at radius 3 is 2.33 bits per heavy atom. The second-order valence-corrected chi connectivity index (χ2v) is 4.40. The standard InChI is InChI=1S/C8H16O5S.Na/c1-2-13-8(9)6-4-3-5-7-14(10,11)12;/h2-7H2,1H3,(H,10,11,12);/q;+1/p-1. The summed E-state index contributed by atoms with van der Waals surface area (Å²) in [5.74, 6) is -0.631. The molecule has 0 aromatic heterocycles. The minimum absolute atomic E-state index is 0. The minimum atomic E-state index is -4.10. The van der Waals surface area contributed by atoms with Gasteiger partial charge in [-0.25, -0.2) is 8.42 Å². The van der Waals surface area contributed by atoms with E-state index in [4.69, 9.17) is 0 Å². The Morgan fingerprint density at radius 1 is 1.27 bits per heavy atom. The van der Waals surface area contributed by atoms with Crippen molar-refractivity contribution in [3.63, 3.8) is 0 Å². The molecule has 0 rings (SSSR count). The molecule has 84 valence electrons. The fourth-order valence-electron chi connectivity index (χ4n) is 0.958. The molecule has 0 N–H and O–H groups in total. The van der Waals surface area contributed by atoms with E-state index in [2.05, 4.69) is 4.74 Å². The molecular formula is C8H15NaO5S. The molecular weight excluding hydrogens is 231 g/mol. The third-order valence-electron chi connectivity index (χ3n) is 1.58. The van der Waals surface area contributed by atoms with Gasteiger partial charge in [0.1, 0.15) is 0 Å². The smallest absolute Gasteiger partial charge is 0.748 e. The summed E-state index contributed by atoms with van der Waals surface area (Å²) in [4.78, 5) is 10.8. The van der Waals surface area contributed by atoms with Gasteiger partial charge in [0, 0.05) is 12.2 Å². The van der Waals surface area contributed by atoms with E-state index in [0.717, 1.165) is 0 Å². The zero-order valence-electron chi connectivity index (χ0n) is 9.19. The number of hydrogen-bond acceptors (Lipinski definition) is 5. The van der Waals surface area contributed by atoms with E-state index >= 15 is 0 Å². The van der Waals surface area contributed by atoms with Crippen LogP contribution in [0, 0.1) is 0 Å². The molecule has 15 heavy (non-hydrogen) atoms. The zero-order chi connectivity index (χ0) is 11.0. The number of carbonyl (C=O) groups is 1. The van der Waals surface area contributed by atoms with Gasteiger partial charge in [0.2, 0.25) is 0 Å². The van der Waals surface area contributed by atoms with Gasteiger partial charge in [-0.3, -0.25) is 4.79 Å². The maximum atomic E-state index is 10.8. The Labute approximate surface area is 113 Å². The molecule has 5 nitrogen and oxygen atoms in total. The summed E-state index contributed by atoms with van der Waals surface area (Å²) in [5, 5.41) is 0. The van der Waals surface area contributed by atoms with E-state index in [1.165, 1.54) is 0 Å². The van der Waals surface area contributed by atoms with Crippen LogP contribution in [0.15, 0.2) is 0 Å². The molecule has 0 radical (unpaired) electrons. The maximum Gasteiger partial charge on any atom is 1.00 e. The SMILES string of the molecule is CCOC(=O)CCCCCS(=O)(=O)[O-].[Na+]. The Kier molecular flexibility index (Phi) is 11.4. The number of unbranched alkanes of at least 4 members (excludes halogenated alkanes) is 2. The molecule has 7 heteroatoms. The Balaban J connectivity index is 0. The zero-order valence-corrected chi connectivity index (χ0v) is 12.0. The predicted molar refractivity (Wildman–Crippen MR) is 49.7 cm³/mol. The van der Waals surface area contributed by atoms with Crippen LogP contribution in [0.25, 0.3) is 0 Å². The van der Waals surface area contributed by atoms with Gasteiger partial charge in [-0.15, -0.1) is 0 Å². The van der Waals surface area contributed by atoms with Gasteiger partial charge in [0.25, 0.3) is 0 Å². The van der Waals surface area contributed by atoms with Gasteiger partial charge < -0.3 is 9.29 Å². The van der Waals surface area contributed by atoms with Gasteiger partial charge in [-0.05, 0) is 19.8 Å². The maximum absolute atomic E-state index is 10.8. The molecule has 0 aliphatic heterocycles. The predicted octanol–water partition coefficient (Wildman–Crippen LogP) is -2.34. The first kappa shape index (κ1) is 17.8. The van der Waals surface area contributed by atoms with Crippen molar-refractivity contribution >= 4 is 16.1 Å². The molecule has 0 atom stereocenters. The second-order valence-electron chi connectivity index (χ2n) is 2.88. The third kappa shape index (κ3) is 14.4. The molecule has 0 fully saturated rings. The van der Waals surface area contributed by atoms with Gasteiger partial charge in [0.05, 0.1) is 16.7 Å². The van der Waals surface area contributed by atoms with Gasteiger partial charge in [-0.2, -0.15) is 0 Å². The molecule has 0 saturated heterocycles. The fraction of sp³-hybridized carbons (Fsp3) is 0.875. The van der Waals surface area contributed by atoms with E-state index in [9.17, 15) is 17.8 Å². The number of ether oxygens (including phenoxy) is 1. The van der Waals surface area contributed by atoms with E-state index < -0.39 is 10.1 Å². The third-order valence-corrected chi connectivity index (χ3v) is 2.37. The van der Waals surface area contributed by atoms with Crippen molar-refractivity contribution in [2.45, 2.75) is 32.6 Å². The van der Waals surface area contributed by atoms with Crippen LogP contribution >= 0.6 is 0 Å². The number of hydrogen-bond donors (Lipinski definition) is 0. The van der Waals surface area contributed by atoms with Crippen LogP contribution in [0.4, 0.5) is 0 Å². The van der Waals surface area contributed by atoms with Crippen molar-refractivity contribution in [3.05, 3.63) is 0 Å². The van der Waals surface area contributed by atoms with Gasteiger partial charge >= 0.3 is 35.5 Å². The normalized spacial score (nSPS) is 10.5. The fourth-order valence-corrected chi connectivity index (χ4v) is 1.52. The average Bonchev–Trinajstić information content (AvgIpc) is 2.02. The summed E-state index contributed by atoms with van der Waals surface area (Å²) in [6.07, 6.45) is 1.71. The first-order valence-electron chi connectivity index (χ1n) is 4.55. The quantitative estimate of drug-likeness (QED) is 0.217. The molecule has 0 aromatic carbocycles. The van der Waals surface area contributed by atoms with E-state index in [1.54, 1.807) is 6.92 Å². The first-order valence-corrected chi connectivity index (χ1v) is 6.12. The summed E-state index contributed by atoms with van der Waals surface area (Å²) >= 11 is 0. The molecule has 0 aliphatic carbocycles. The average molecular weight is 246 g/mol. The van der Waals surface area contributed by atoms with Crippen LogP contribution in [0.1, 0.15) is 32.6 Å². The van der Waals surface area contributed by atoms with Crippen molar-refractivity contribution in [2.24, 2.45) is 0 Å². The van der Waals surface area contributed by atoms with E-state index in [1.807, 2.05) is 0 Å². The van der Waals surface area contributed by atoms with E-state index in [-0.39, 0.29) is 47.7 Å². The van der Waals surface area contributed by atoms with Gasteiger partial charge in [-0.1, -0.05) is 6.42 Å². The van der Waals surface area contributed by atoms with Crippen molar-refractivity contribution in [3.8, 4) is 0 Å². The Bertz CT molecular complexity index is 262. The van der Waals surface area contributed by atoms with Crippen LogP contribution in [0.5, 0.6) is 0 Å². The van der Waals surface area contributed by atoms with Crippen LogP contribution in [-0.2, 0) is 19.6 Å². The molecule has 0 spiro atoms. The molecule has 0 aliphatic rings. The second kappa shape index (κ2) is 9.59. The van der Waals surface area contributed by atoms with Crippen LogP contribution < -0.4 is 29.6 Å². The summed E-state index contributed by atoms with van der Waals surface area (Å²) in [6.45, 7) is 2.08. The summed E-state index contributed by atoms with van der Waals surface area (Å²) in [7, 11) is -4.10. The number of carbonyl (C=O) groups excluding carboxylic acids is 1. The number of rotatable bonds is 7. The molecule has 0 bridgehead atoms. The number of esters is 1. The summed E-state index contributed by atoms with van der Waals surface area (Å²) < 4.78 is 35.2. The van der Waals surface area contributed by atoms with Gasteiger partial charge in [0.15, 0.2) is 0 Å².